The van der Waals surface area contributed by atoms with Crippen LogP contribution in [-0.2, 0) is 0 Å². The second-order valence-electron chi connectivity index (χ2n) is 5.58. The second kappa shape index (κ2) is 6.09. The third kappa shape index (κ3) is 3.20. The van der Waals surface area contributed by atoms with E-state index < -0.39 is 0 Å². The summed E-state index contributed by atoms with van der Waals surface area (Å²) in [6, 6.07) is 11.5. The van der Waals surface area contributed by atoms with Crippen LogP contribution in [0.3, 0.4) is 0 Å². The maximum absolute atomic E-state index is 4.27. The van der Waals surface area contributed by atoms with Crippen LogP contribution in [-0.4, -0.2) is 28.4 Å². The number of hydrogen-bond donors (Lipinski definition) is 2. The van der Waals surface area contributed by atoms with E-state index in [4.69, 9.17) is 0 Å². The van der Waals surface area contributed by atoms with E-state index >= 15 is 0 Å². The molecule has 2 atom stereocenters. The summed E-state index contributed by atoms with van der Waals surface area (Å²) in [5, 5.41) is 11.4. The number of nitrogens with one attached hydrogen (secondary N) is 2. The Labute approximate surface area is 120 Å². The minimum atomic E-state index is 0.471. The van der Waals surface area contributed by atoms with Crippen molar-refractivity contribution in [1.29, 1.82) is 0 Å². The van der Waals surface area contributed by atoms with Gasteiger partial charge in [-0.3, -0.25) is 0 Å². The van der Waals surface area contributed by atoms with Gasteiger partial charge in [-0.05, 0) is 57.0 Å². The van der Waals surface area contributed by atoms with Crippen molar-refractivity contribution in [3.05, 3.63) is 42.7 Å². The van der Waals surface area contributed by atoms with E-state index in [1.807, 2.05) is 16.9 Å². The molecular formula is C16H22N4. The van der Waals surface area contributed by atoms with Crippen molar-refractivity contribution in [2.24, 2.45) is 0 Å². The molecule has 1 aromatic carbocycles. The molecule has 2 aromatic rings. The van der Waals surface area contributed by atoms with Crippen LogP contribution in [0.1, 0.15) is 26.2 Å². The molecule has 2 unspecified atom stereocenters. The second-order valence-corrected chi connectivity index (χ2v) is 5.58. The standard InChI is InChI=1S/C16H22N4/c1-13(11-14-6-3-8-17-14)19-15-5-2-7-16(12-15)20-10-4-9-18-20/h2,4-5,7,9-10,12-14,17,19H,3,6,8,11H2,1H3. The summed E-state index contributed by atoms with van der Waals surface area (Å²) < 4.78 is 1.88. The smallest absolute Gasteiger partial charge is 0.0666 e. The van der Waals surface area contributed by atoms with E-state index in [-0.39, 0.29) is 0 Å². The summed E-state index contributed by atoms with van der Waals surface area (Å²) in [7, 11) is 0. The molecule has 1 saturated heterocycles. The third-order valence-electron chi connectivity index (χ3n) is 3.83. The lowest BCUT2D eigenvalue weighted by Gasteiger charge is -2.19. The van der Waals surface area contributed by atoms with Crippen molar-refractivity contribution < 1.29 is 0 Å². The summed E-state index contributed by atoms with van der Waals surface area (Å²) >= 11 is 0. The summed E-state index contributed by atoms with van der Waals surface area (Å²) in [4.78, 5) is 0. The highest BCUT2D eigenvalue weighted by molar-refractivity contribution is 5.51. The Bertz CT molecular complexity index is 529. The first kappa shape index (κ1) is 13.2. The zero-order chi connectivity index (χ0) is 13.8. The fourth-order valence-corrected chi connectivity index (χ4v) is 2.89. The topological polar surface area (TPSA) is 41.9 Å². The third-order valence-corrected chi connectivity index (χ3v) is 3.83. The molecule has 0 spiro atoms. The first-order valence-electron chi connectivity index (χ1n) is 7.41. The van der Waals surface area contributed by atoms with Gasteiger partial charge in [-0.1, -0.05) is 6.07 Å². The summed E-state index contributed by atoms with van der Waals surface area (Å²) in [5.74, 6) is 0. The Morgan fingerprint density at radius 3 is 3.15 bits per heavy atom. The Kier molecular flexibility index (Phi) is 4.02. The zero-order valence-corrected chi connectivity index (χ0v) is 11.9. The van der Waals surface area contributed by atoms with Crippen LogP contribution < -0.4 is 10.6 Å². The Hall–Kier alpha value is -1.81. The van der Waals surface area contributed by atoms with Crippen LogP contribution in [0.4, 0.5) is 5.69 Å². The molecule has 1 aliphatic rings. The molecular weight excluding hydrogens is 248 g/mol. The first-order valence-corrected chi connectivity index (χ1v) is 7.41. The Balaban J connectivity index is 1.63. The number of rotatable bonds is 5. The van der Waals surface area contributed by atoms with Crippen molar-refractivity contribution in [3.63, 3.8) is 0 Å². The molecule has 1 aromatic heterocycles. The number of benzene rings is 1. The van der Waals surface area contributed by atoms with Gasteiger partial charge in [0.2, 0.25) is 0 Å². The fourth-order valence-electron chi connectivity index (χ4n) is 2.89. The van der Waals surface area contributed by atoms with Crippen LogP contribution in [0.15, 0.2) is 42.7 Å². The Morgan fingerprint density at radius 2 is 2.40 bits per heavy atom. The molecule has 0 saturated carbocycles. The SMILES string of the molecule is CC(CC1CCCN1)Nc1cccc(-n2cccn2)c1. The molecule has 2 N–H and O–H groups in total. The van der Waals surface area contributed by atoms with E-state index in [0.717, 1.165) is 11.4 Å². The van der Waals surface area contributed by atoms with Crippen molar-refractivity contribution >= 4 is 5.69 Å². The van der Waals surface area contributed by atoms with Crippen LogP contribution in [0.2, 0.25) is 0 Å². The predicted molar refractivity (Wildman–Crippen MR) is 82.3 cm³/mol. The highest BCUT2D eigenvalue weighted by Crippen LogP contribution is 2.17. The van der Waals surface area contributed by atoms with Gasteiger partial charge in [-0.15, -0.1) is 0 Å². The lowest BCUT2D eigenvalue weighted by molar-refractivity contribution is 0.523. The summed E-state index contributed by atoms with van der Waals surface area (Å²) in [6.45, 7) is 3.42. The minimum absolute atomic E-state index is 0.471. The molecule has 0 bridgehead atoms. The number of hydrogen-bond acceptors (Lipinski definition) is 3. The molecule has 0 aliphatic carbocycles. The number of aromatic nitrogens is 2. The van der Waals surface area contributed by atoms with Crippen LogP contribution in [0, 0.1) is 0 Å². The maximum atomic E-state index is 4.27. The monoisotopic (exact) mass is 270 g/mol. The van der Waals surface area contributed by atoms with Gasteiger partial charge in [0.15, 0.2) is 0 Å². The lowest BCUT2D eigenvalue weighted by Crippen LogP contribution is -2.29. The highest BCUT2D eigenvalue weighted by Gasteiger charge is 2.16. The molecule has 1 aliphatic heterocycles. The van der Waals surface area contributed by atoms with Gasteiger partial charge in [0, 0.05) is 30.2 Å². The van der Waals surface area contributed by atoms with Gasteiger partial charge in [0.1, 0.15) is 0 Å². The van der Waals surface area contributed by atoms with Crippen molar-refractivity contribution in [1.82, 2.24) is 15.1 Å². The van der Waals surface area contributed by atoms with Gasteiger partial charge < -0.3 is 10.6 Å². The Morgan fingerprint density at radius 1 is 1.45 bits per heavy atom. The normalized spacial score (nSPS) is 19.9. The number of anilines is 1. The van der Waals surface area contributed by atoms with Crippen LogP contribution >= 0.6 is 0 Å². The molecule has 20 heavy (non-hydrogen) atoms. The minimum Gasteiger partial charge on any atom is -0.382 e. The fraction of sp³-hybridized carbons (Fsp3) is 0.438. The molecule has 0 radical (unpaired) electrons. The molecule has 3 rings (SSSR count). The highest BCUT2D eigenvalue weighted by atomic mass is 15.3. The molecule has 4 nitrogen and oxygen atoms in total. The van der Waals surface area contributed by atoms with E-state index in [1.165, 1.54) is 25.8 Å². The predicted octanol–water partition coefficient (Wildman–Crippen LogP) is 2.81. The van der Waals surface area contributed by atoms with E-state index in [2.05, 4.69) is 46.9 Å². The molecule has 4 heteroatoms. The van der Waals surface area contributed by atoms with E-state index in [9.17, 15) is 0 Å². The number of nitrogens with zero attached hydrogens (tertiary/aromatic N) is 2. The molecule has 0 amide bonds. The van der Waals surface area contributed by atoms with Crippen molar-refractivity contribution in [2.45, 2.75) is 38.3 Å². The lowest BCUT2D eigenvalue weighted by atomic mass is 10.1. The van der Waals surface area contributed by atoms with Crippen molar-refractivity contribution in [2.75, 3.05) is 11.9 Å². The summed E-state index contributed by atoms with van der Waals surface area (Å²) in [6.07, 6.45) is 7.55. The molecule has 106 valence electrons. The molecule has 2 heterocycles. The first-order chi connectivity index (χ1) is 9.81. The molecule has 1 fully saturated rings. The average Bonchev–Trinajstić information content (AvgIpc) is 3.11. The van der Waals surface area contributed by atoms with Gasteiger partial charge in [-0.2, -0.15) is 5.10 Å². The van der Waals surface area contributed by atoms with Crippen LogP contribution in [0.5, 0.6) is 0 Å². The average molecular weight is 270 g/mol. The maximum Gasteiger partial charge on any atom is 0.0666 e. The zero-order valence-electron chi connectivity index (χ0n) is 11.9. The van der Waals surface area contributed by atoms with E-state index in [1.54, 1.807) is 6.20 Å². The van der Waals surface area contributed by atoms with Crippen molar-refractivity contribution in [3.8, 4) is 5.69 Å². The summed E-state index contributed by atoms with van der Waals surface area (Å²) in [5.41, 5.74) is 2.25. The van der Waals surface area contributed by atoms with Gasteiger partial charge >= 0.3 is 0 Å². The quantitative estimate of drug-likeness (QED) is 0.878. The van der Waals surface area contributed by atoms with Crippen LogP contribution in [0.25, 0.3) is 5.69 Å². The van der Waals surface area contributed by atoms with Gasteiger partial charge in [-0.25, -0.2) is 4.68 Å². The van der Waals surface area contributed by atoms with E-state index in [0.29, 0.717) is 12.1 Å². The largest absolute Gasteiger partial charge is 0.382 e. The van der Waals surface area contributed by atoms with Gasteiger partial charge in [0.05, 0.1) is 5.69 Å². The van der Waals surface area contributed by atoms with Gasteiger partial charge in [0.25, 0.3) is 0 Å².